The molecule has 0 fully saturated rings. The summed E-state index contributed by atoms with van der Waals surface area (Å²) in [6.07, 6.45) is 51.4. The zero-order valence-corrected chi connectivity index (χ0v) is 37.3. The van der Waals surface area contributed by atoms with Crippen LogP contribution in [0.4, 0.5) is 0 Å². The molecule has 0 heterocycles. The van der Waals surface area contributed by atoms with Crippen LogP contribution >= 0.6 is 7.92 Å². The van der Waals surface area contributed by atoms with Crippen molar-refractivity contribution in [3.63, 3.8) is 0 Å². The fourth-order valence-corrected chi connectivity index (χ4v) is 10.3. The van der Waals surface area contributed by atoms with Crippen LogP contribution in [0.3, 0.4) is 0 Å². The smallest absolute Gasteiger partial charge is 0.104 e. The lowest BCUT2D eigenvalue weighted by atomic mass is 10.0. The van der Waals surface area contributed by atoms with Gasteiger partial charge in [0.1, 0.15) is 6.54 Å². The van der Waals surface area contributed by atoms with Crippen LogP contribution in [0.2, 0.25) is 0 Å². The van der Waals surface area contributed by atoms with Crippen molar-refractivity contribution >= 4 is 7.92 Å². The monoisotopic (exact) mass is 731 g/mol. The number of quaternary nitrogens is 1. The molecule has 0 amide bonds. The standard InChI is InChI=1S/C25H46N.C24H51P/c1-4-5-6-7-8-9-10-11-12-13-14-15-16-20-23-26(2,3)24-25-21-18-17-19-22-25;1-4-7-10-13-16-19-22-25(23-20-17-14-11-8-5-2)24-21-18-15-12-9-6-3/h17-19,21-22H,4-16,20,23-24H2,1-3H3;4-24H2,1-3H3/q+1;. The minimum atomic E-state index is 0.366. The van der Waals surface area contributed by atoms with Crippen LogP contribution < -0.4 is 0 Å². The first-order valence-electron chi connectivity index (χ1n) is 23.6. The molecule has 0 spiro atoms. The summed E-state index contributed by atoms with van der Waals surface area (Å²) in [6.45, 7) is 11.7. The molecule has 1 aromatic rings. The van der Waals surface area contributed by atoms with Crippen LogP contribution in [0.1, 0.15) is 239 Å². The van der Waals surface area contributed by atoms with Crippen LogP contribution in [0.25, 0.3) is 0 Å². The van der Waals surface area contributed by atoms with Gasteiger partial charge in [-0.2, -0.15) is 0 Å². The van der Waals surface area contributed by atoms with Crippen molar-refractivity contribution in [2.24, 2.45) is 0 Å². The molecule has 0 unspecified atom stereocenters. The Hall–Kier alpha value is -0.390. The third-order valence-electron chi connectivity index (χ3n) is 11.1. The summed E-state index contributed by atoms with van der Waals surface area (Å²) in [5, 5.41) is 0. The van der Waals surface area contributed by atoms with Crippen molar-refractivity contribution < 1.29 is 4.48 Å². The van der Waals surface area contributed by atoms with Crippen LogP contribution in [-0.2, 0) is 6.54 Å². The zero-order valence-electron chi connectivity index (χ0n) is 36.4. The van der Waals surface area contributed by atoms with E-state index in [1.165, 1.54) is 218 Å². The summed E-state index contributed by atoms with van der Waals surface area (Å²) in [4.78, 5) is 0. The largest absolute Gasteiger partial charge is 0.325 e. The van der Waals surface area contributed by atoms with E-state index >= 15 is 0 Å². The third-order valence-corrected chi connectivity index (χ3v) is 13.9. The molecule has 0 aromatic heterocycles. The highest BCUT2D eigenvalue weighted by atomic mass is 31.1. The molecule has 0 saturated heterocycles. The molecule has 0 radical (unpaired) electrons. The minimum absolute atomic E-state index is 0.366. The van der Waals surface area contributed by atoms with Gasteiger partial charge in [-0.05, 0) is 50.6 Å². The molecular weight excluding hydrogens is 634 g/mol. The van der Waals surface area contributed by atoms with E-state index < -0.39 is 0 Å². The Morgan fingerprint density at radius 2 is 0.627 bits per heavy atom. The number of benzene rings is 1. The van der Waals surface area contributed by atoms with Crippen molar-refractivity contribution in [3.8, 4) is 0 Å². The summed E-state index contributed by atoms with van der Waals surface area (Å²) in [5.74, 6) is 0. The first-order valence-corrected chi connectivity index (χ1v) is 25.5. The summed E-state index contributed by atoms with van der Waals surface area (Å²) in [5.41, 5.74) is 1.46. The molecule has 1 nitrogen and oxygen atoms in total. The predicted molar refractivity (Wildman–Crippen MR) is 239 cm³/mol. The maximum atomic E-state index is 2.37. The summed E-state index contributed by atoms with van der Waals surface area (Å²) in [7, 11) is 5.11. The molecule has 51 heavy (non-hydrogen) atoms. The van der Waals surface area contributed by atoms with Gasteiger partial charge in [0.25, 0.3) is 0 Å². The van der Waals surface area contributed by atoms with Gasteiger partial charge in [-0.3, -0.25) is 0 Å². The van der Waals surface area contributed by atoms with Gasteiger partial charge in [-0.25, -0.2) is 0 Å². The molecule has 0 aliphatic carbocycles. The highest BCUT2D eigenvalue weighted by Crippen LogP contribution is 2.39. The first kappa shape index (κ1) is 50.6. The second-order valence-electron chi connectivity index (χ2n) is 17.0. The average Bonchev–Trinajstić information content (AvgIpc) is 3.13. The maximum Gasteiger partial charge on any atom is 0.104 e. The molecule has 1 rings (SSSR count). The number of hydrogen-bond donors (Lipinski definition) is 0. The van der Waals surface area contributed by atoms with Crippen molar-refractivity contribution in [3.05, 3.63) is 35.9 Å². The second kappa shape index (κ2) is 40.8. The van der Waals surface area contributed by atoms with Gasteiger partial charge in [-0.15, -0.1) is 7.92 Å². The minimum Gasteiger partial charge on any atom is -0.325 e. The van der Waals surface area contributed by atoms with Gasteiger partial charge < -0.3 is 4.48 Å². The van der Waals surface area contributed by atoms with E-state index in [9.17, 15) is 0 Å². The van der Waals surface area contributed by atoms with E-state index in [-0.39, 0.29) is 0 Å². The SMILES string of the molecule is CCCCCCCCCCCCCCCC[N+](C)(C)Cc1ccccc1.CCCCCCCCP(CCCCCCCC)CCCCCCCC. The van der Waals surface area contributed by atoms with Crippen molar-refractivity contribution in [2.45, 2.75) is 240 Å². The van der Waals surface area contributed by atoms with E-state index in [0.717, 1.165) is 11.0 Å². The van der Waals surface area contributed by atoms with Crippen molar-refractivity contribution in [1.29, 1.82) is 0 Å². The first-order chi connectivity index (χ1) is 25.0. The molecule has 0 N–H and O–H groups in total. The Bertz CT molecular complexity index is 723. The van der Waals surface area contributed by atoms with E-state index in [0.29, 0.717) is 7.92 Å². The fraction of sp³-hybridized carbons (Fsp3) is 0.878. The van der Waals surface area contributed by atoms with Gasteiger partial charge in [0.2, 0.25) is 0 Å². The highest BCUT2D eigenvalue weighted by molar-refractivity contribution is 7.57. The number of unbranched alkanes of at least 4 members (excludes halogenated alkanes) is 28. The predicted octanol–water partition coefficient (Wildman–Crippen LogP) is 17.3. The second-order valence-corrected chi connectivity index (χ2v) is 19.7. The summed E-state index contributed by atoms with van der Waals surface area (Å²) in [6, 6.07) is 10.9. The van der Waals surface area contributed by atoms with E-state index in [1.54, 1.807) is 18.5 Å². The number of nitrogens with zero attached hydrogens (tertiary/aromatic N) is 1. The van der Waals surface area contributed by atoms with E-state index in [1.807, 2.05) is 0 Å². The van der Waals surface area contributed by atoms with Gasteiger partial charge in [0, 0.05) is 5.56 Å². The average molecular weight is 731 g/mol. The molecular formula is C49H97NP+. The molecule has 0 saturated carbocycles. The molecule has 2 heteroatoms. The molecule has 0 bridgehead atoms. The zero-order chi connectivity index (χ0) is 37.4. The van der Waals surface area contributed by atoms with Crippen LogP contribution in [0, 0.1) is 0 Å². The fourth-order valence-electron chi connectivity index (χ4n) is 7.57. The maximum absolute atomic E-state index is 2.37. The Balaban J connectivity index is 0.000000982. The van der Waals surface area contributed by atoms with Gasteiger partial charge in [0.15, 0.2) is 0 Å². The highest BCUT2D eigenvalue weighted by Gasteiger charge is 2.15. The Morgan fingerprint density at radius 3 is 0.941 bits per heavy atom. The van der Waals surface area contributed by atoms with Gasteiger partial charge >= 0.3 is 0 Å². The van der Waals surface area contributed by atoms with Crippen LogP contribution in [0.15, 0.2) is 30.3 Å². The Kier molecular flexibility index (Phi) is 40.5. The Morgan fingerprint density at radius 1 is 0.353 bits per heavy atom. The normalized spacial score (nSPS) is 11.7. The van der Waals surface area contributed by atoms with E-state index in [2.05, 4.69) is 72.1 Å². The number of rotatable bonds is 38. The summed E-state index contributed by atoms with van der Waals surface area (Å²) >= 11 is 0. The topological polar surface area (TPSA) is 0 Å². The van der Waals surface area contributed by atoms with Crippen molar-refractivity contribution in [1.82, 2.24) is 0 Å². The van der Waals surface area contributed by atoms with Gasteiger partial charge in [0.05, 0.1) is 20.6 Å². The molecule has 1 aromatic carbocycles. The van der Waals surface area contributed by atoms with Crippen LogP contribution in [0.5, 0.6) is 0 Å². The van der Waals surface area contributed by atoms with Crippen LogP contribution in [-0.4, -0.2) is 43.6 Å². The molecule has 302 valence electrons. The van der Waals surface area contributed by atoms with E-state index in [4.69, 9.17) is 0 Å². The molecule has 0 aliphatic rings. The molecule has 0 aliphatic heterocycles. The lowest BCUT2D eigenvalue weighted by Gasteiger charge is -2.30. The molecule has 0 atom stereocenters. The van der Waals surface area contributed by atoms with Gasteiger partial charge in [-0.1, -0.05) is 231 Å². The lowest BCUT2D eigenvalue weighted by Crippen LogP contribution is -2.39. The lowest BCUT2D eigenvalue weighted by molar-refractivity contribution is -0.903. The number of hydrogen-bond acceptors (Lipinski definition) is 0. The van der Waals surface area contributed by atoms with Crippen molar-refractivity contribution in [2.75, 3.05) is 39.1 Å². The quantitative estimate of drug-likeness (QED) is 0.0361. The third kappa shape index (κ3) is 39.1. The summed E-state index contributed by atoms with van der Waals surface area (Å²) < 4.78 is 1.11. The Labute approximate surface area is 326 Å².